The van der Waals surface area contributed by atoms with Gasteiger partial charge in [-0.3, -0.25) is 0 Å². The lowest BCUT2D eigenvalue weighted by atomic mass is 10.1. The summed E-state index contributed by atoms with van der Waals surface area (Å²) >= 11 is 0. The number of anilines is 1. The smallest absolute Gasteiger partial charge is 0.0922 e. The molecule has 0 aliphatic rings. The summed E-state index contributed by atoms with van der Waals surface area (Å²) in [6.45, 7) is 0. The molecule has 2 N–H and O–H groups in total. The molecule has 0 fully saturated rings. The van der Waals surface area contributed by atoms with Gasteiger partial charge < -0.3 is 14.9 Å². The third kappa shape index (κ3) is 4.18. The Labute approximate surface area is 226 Å². The van der Waals surface area contributed by atoms with Gasteiger partial charge in [-0.15, -0.1) is 0 Å². The second kappa shape index (κ2) is 9.84. The van der Waals surface area contributed by atoms with Crippen LogP contribution in [0.25, 0.3) is 55.4 Å². The molecule has 2 aromatic heterocycles. The number of rotatable bonds is 6. The number of aromatic nitrogens is 2. The van der Waals surface area contributed by atoms with Crippen molar-refractivity contribution in [2.45, 2.75) is 0 Å². The van der Waals surface area contributed by atoms with Gasteiger partial charge in [-0.2, -0.15) is 0 Å². The second-order valence-electron chi connectivity index (χ2n) is 9.49. The van der Waals surface area contributed by atoms with Gasteiger partial charge in [0.05, 0.1) is 22.9 Å². The second-order valence-corrected chi connectivity index (χ2v) is 9.49. The highest BCUT2D eigenvalue weighted by molar-refractivity contribution is 6.12. The molecule has 0 amide bonds. The average molecular weight is 503 g/mol. The average Bonchev–Trinajstić information content (AvgIpc) is 3.53. The molecule has 0 bridgehead atoms. The van der Waals surface area contributed by atoms with Crippen LogP contribution >= 0.6 is 0 Å². The number of para-hydroxylation sites is 4. The first-order valence-corrected chi connectivity index (χ1v) is 13.1. The molecule has 7 rings (SSSR count). The van der Waals surface area contributed by atoms with Crippen molar-refractivity contribution in [2.24, 2.45) is 4.99 Å². The summed E-state index contributed by atoms with van der Waals surface area (Å²) in [5, 5.41) is 8.11. The Morgan fingerprint density at radius 3 is 2.08 bits per heavy atom. The number of fused-ring (bicyclic) bond motifs is 6. The van der Waals surface area contributed by atoms with Gasteiger partial charge in [0, 0.05) is 50.2 Å². The van der Waals surface area contributed by atoms with E-state index in [9.17, 15) is 0 Å². The van der Waals surface area contributed by atoms with E-state index in [-0.39, 0.29) is 0 Å². The van der Waals surface area contributed by atoms with Gasteiger partial charge in [0.1, 0.15) is 0 Å². The quantitative estimate of drug-likeness (QED) is 0.133. The van der Waals surface area contributed by atoms with E-state index in [1.165, 1.54) is 32.6 Å². The van der Waals surface area contributed by atoms with Crippen molar-refractivity contribution in [3.8, 4) is 5.69 Å². The van der Waals surface area contributed by atoms with Gasteiger partial charge in [0.2, 0.25) is 0 Å². The molecule has 39 heavy (non-hydrogen) atoms. The van der Waals surface area contributed by atoms with Gasteiger partial charge in [0.25, 0.3) is 0 Å². The number of aromatic amines is 1. The number of benzene rings is 5. The molecule has 0 aliphatic heterocycles. The monoisotopic (exact) mass is 502 g/mol. The predicted molar refractivity (Wildman–Crippen MR) is 167 cm³/mol. The first-order valence-electron chi connectivity index (χ1n) is 13.1. The predicted octanol–water partition coefficient (Wildman–Crippen LogP) is 9.09. The highest BCUT2D eigenvalue weighted by Crippen LogP contribution is 2.36. The zero-order chi connectivity index (χ0) is 26.0. The van der Waals surface area contributed by atoms with E-state index in [0.29, 0.717) is 0 Å². The maximum Gasteiger partial charge on any atom is 0.0922 e. The number of allylic oxidation sites excluding steroid dienone is 2. The minimum absolute atomic E-state index is 1.01. The number of hydrogen-bond acceptors (Lipinski definition) is 1. The Bertz CT molecular complexity index is 1980. The summed E-state index contributed by atoms with van der Waals surface area (Å²) in [5.74, 6) is 0. The molecule has 0 radical (unpaired) electrons. The van der Waals surface area contributed by atoms with Crippen LogP contribution in [0.3, 0.4) is 0 Å². The Morgan fingerprint density at radius 2 is 1.31 bits per heavy atom. The summed E-state index contributed by atoms with van der Waals surface area (Å²) in [4.78, 5) is 7.99. The molecule has 0 unspecified atom stereocenters. The molecule has 0 spiro atoms. The molecule has 4 heteroatoms. The van der Waals surface area contributed by atoms with Crippen molar-refractivity contribution < 1.29 is 0 Å². The molecule has 4 nitrogen and oxygen atoms in total. The highest BCUT2D eigenvalue weighted by atomic mass is 15.0. The molecule has 2 heterocycles. The standard InChI is InChI=1S/C35H26N4/c1-2-13-26(14-3-1)37-24-36-21-11-10-12-25-22-27(23-31-28-15-4-7-18-32(28)38-35(25)31)39-33-19-8-5-16-29(33)30-17-6-9-20-34(30)39/h1-24,38H,(H,36,37)/b12-10-,21-11-. The number of nitrogens with one attached hydrogen (secondary N) is 2. The van der Waals surface area contributed by atoms with E-state index >= 15 is 0 Å². The van der Waals surface area contributed by atoms with Gasteiger partial charge in [-0.25, -0.2) is 4.99 Å². The van der Waals surface area contributed by atoms with Crippen LogP contribution in [0, 0.1) is 0 Å². The zero-order valence-electron chi connectivity index (χ0n) is 21.3. The van der Waals surface area contributed by atoms with Crippen molar-refractivity contribution in [2.75, 3.05) is 5.32 Å². The van der Waals surface area contributed by atoms with Crippen LogP contribution in [0.15, 0.2) is 139 Å². The molecule has 0 atom stereocenters. The summed E-state index contributed by atoms with van der Waals surface area (Å²) in [6, 6.07) is 40.3. The van der Waals surface area contributed by atoms with Crippen molar-refractivity contribution in [3.63, 3.8) is 0 Å². The molecular formula is C35H26N4. The van der Waals surface area contributed by atoms with Gasteiger partial charge >= 0.3 is 0 Å². The molecule has 186 valence electrons. The lowest BCUT2D eigenvalue weighted by molar-refractivity contribution is 1.18. The van der Waals surface area contributed by atoms with Gasteiger partial charge in [-0.05, 0) is 48.5 Å². The molecule has 0 saturated heterocycles. The topological polar surface area (TPSA) is 45.1 Å². The fourth-order valence-electron chi connectivity index (χ4n) is 5.37. The lowest BCUT2D eigenvalue weighted by Crippen LogP contribution is -1.95. The van der Waals surface area contributed by atoms with Crippen LogP contribution in [-0.2, 0) is 0 Å². The molecule has 5 aromatic carbocycles. The minimum Gasteiger partial charge on any atom is -0.354 e. The highest BCUT2D eigenvalue weighted by Gasteiger charge is 2.15. The molecule has 0 aliphatic carbocycles. The van der Waals surface area contributed by atoms with Crippen LogP contribution in [-0.4, -0.2) is 15.9 Å². The summed E-state index contributed by atoms with van der Waals surface area (Å²) in [6.07, 6.45) is 9.61. The van der Waals surface area contributed by atoms with Crippen molar-refractivity contribution >= 4 is 61.7 Å². The van der Waals surface area contributed by atoms with Crippen LogP contribution < -0.4 is 5.32 Å². The van der Waals surface area contributed by atoms with E-state index in [2.05, 4.69) is 111 Å². The number of hydrogen-bond donors (Lipinski definition) is 2. The third-order valence-corrected chi connectivity index (χ3v) is 7.11. The van der Waals surface area contributed by atoms with Crippen LogP contribution in [0.4, 0.5) is 5.69 Å². The largest absolute Gasteiger partial charge is 0.354 e. The first kappa shape index (κ1) is 22.8. The third-order valence-electron chi connectivity index (χ3n) is 7.11. The van der Waals surface area contributed by atoms with E-state index in [1.807, 2.05) is 42.5 Å². The number of aliphatic imine (C=N–C) groups is 1. The first-order chi connectivity index (χ1) is 19.4. The fourth-order valence-corrected chi connectivity index (χ4v) is 5.37. The van der Waals surface area contributed by atoms with Crippen LogP contribution in [0.1, 0.15) is 5.56 Å². The van der Waals surface area contributed by atoms with Crippen molar-refractivity contribution in [1.82, 2.24) is 9.55 Å². The molecular weight excluding hydrogens is 476 g/mol. The Balaban J connectivity index is 1.32. The Kier molecular flexibility index (Phi) is 5.76. The van der Waals surface area contributed by atoms with E-state index in [0.717, 1.165) is 28.0 Å². The summed E-state index contributed by atoms with van der Waals surface area (Å²) in [5.41, 5.74) is 7.93. The van der Waals surface area contributed by atoms with E-state index < -0.39 is 0 Å². The van der Waals surface area contributed by atoms with E-state index in [4.69, 9.17) is 0 Å². The normalized spacial score (nSPS) is 12.3. The molecule has 0 saturated carbocycles. The molecule has 7 aromatic rings. The van der Waals surface area contributed by atoms with Crippen molar-refractivity contribution in [3.05, 3.63) is 139 Å². The van der Waals surface area contributed by atoms with Gasteiger partial charge in [0.15, 0.2) is 0 Å². The summed E-state index contributed by atoms with van der Waals surface area (Å²) in [7, 11) is 0. The van der Waals surface area contributed by atoms with E-state index in [1.54, 1.807) is 12.5 Å². The number of H-pyrrole nitrogens is 1. The Morgan fingerprint density at radius 1 is 0.641 bits per heavy atom. The van der Waals surface area contributed by atoms with Crippen molar-refractivity contribution in [1.29, 1.82) is 0 Å². The minimum atomic E-state index is 1.01. The summed E-state index contributed by atoms with van der Waals surface area (Å²) < 4.78 is 2.37. The fraction of sp³-hybridized carbons (Fsp3) is 0. The van der Waals surface area contributed by atoms with Crippen LogP contribution in [0.5, 0.6) is 0 Å². The SMILES string of the molecule is C(=N/C=C\C=C/c1cc(-n2c3ccccc3c3ccccc32)cc2c1[nH]c1ccccc12)Nc1ccccc1. The number of nitrogens with zero attached hydrogens (tertiary/aromatic N) is 2. The maximum absolute atomic E-state index is 4.34. The maximum atomic E-state index is 4.34. The lowest BCUT2D eigenvalue weighted by Gasteiger charge is -2.10. The van der Waals surface area contributed by atoms with Gasteiger partial charge in [-0.1, -0.05) is 84.9 Å². The Hall–Kier alpha value is -5.35. The zero-order valence-corrected chi connectivity index (χ0v) is 21.3. The van der Waals surface area contributed by atoms with Crippen LogP contribution in [0.2, 0.25) is 0 Å².